The van der Waals surface area contributed by atoms with Crippen molar-refractivity contribution in [3.63, 3.8) is 0 Å². The van der Waals surface area contributed by atoms with Crippen LogP contribution in [-0.4, -0.2) is 47.6 Å². The Morgan fingerprint density at radius 3 is 1.63 bits per heavy atom. The molecule has 0 radical (unpaired) electrons. The highest BCUT2D eigenvalue weighted by molar-refractivity contribution is 6.15. The molecule has 0 spiro atoms. The van der Waals surface area contributed by atoms with Crippen molar-refractivity contribution in [3.8, 4) is 23.0 Å². The zero-order chi connectivity index (χ0) is 26.2. The molecule has 0 fully saturated rings. The lowest BCUT2D eigenvalue weighted by molar-refractivity contribution is -0.157. The monoisotopic (exact) mass is 482 g/mol. The van der Waals surface area contributed by atoms with Crippen LogP contribution in [-0.2, 0) is 19.1 Å². The van der Waals surface area contributed by atoms with Crippen LogP contribution in [0.3, 0.4) is 0 Å². The maximum atomic E-state index is 13.0. The van der Waals surface area contributed by atoms with E-state index in [0.717, 1.165) is 0 Å². The second-order valence-corrected chi connectivity index (χ2v) is 8.68. The topological polar surface area (TPSA) is 119 Å². The molecular weight excluding hydrogens is 452 g/mol. The summed E-state index contributed by atoms with van der Waals surface area (Å²) in [5.74, 6) is -2.78. The van der Waals surface area contributed by atoms with Gasteiger partial charge in [-0.05, 0) is 68.3 Å². The summed E-state index contributed by atoms with van der Waals surface area (Å²) < 4.78 is 15.4. The summed E-state index contributed by atoms with van der Waals surface area (Å²) in [4.78, 5) is 38.3. The largest absolute Gasteiger partial charge is 0.504 e. The third-order valence-corrected chi connectivity index (χ3v) is 4.77. The van der Waals surface area contributed by atoms with Gasteiger partial charge in [0.1, 0.15) is 5.60 Å². The van der Waals surface area contributed by atoms with Crippen molar-refractivity contribution < 1.29 is 38.8 Å². The Labute approximate surface area is 204 Å². The summed E-state index contributed by atoms with van der Waals surface area (Å²) in [5, 5.41) is 19.5. The Kier molecular flexibility index (Phi) is 9.22. The molecule has 0 heterocycles. The molecule has 8 heteroatoms. The summed E-state index contributed by atoms with van der Waals surface area (Å²) >= 11 is 0. The Morgan fingerprint density at radius 2 is 1.26 bits per heavy atom. The molecule has 0 aromatic heterocycles. The molecule has 0 saturated carbocycles. The van der Waals surface area contributed by atoms with Gasteiger partial charge in [-0.2, -0.15) is 0 Å². The molecule has 0 aliphatic carbocycles. The van der Waals surface area contributed by atoms with Crippen molar-refractivity contribution in [1.82, 2.24) is 0 Å². The molecule has 0 saturated heterocycles. The summed E-state index contributed by atoms with van der Waals surface area (Å²) in [6, 6.07) is 9.04. The number of methoxy groups -OCH3 is 2. The first-order valence-corrected chi connectivity index (χ1v) is 10.8. The Bertz CT molecular complexity index is 1060. The molecule has 2 N–H and O–H groups in total. The summed E-state index contributed by atoms with van der Waals surface area (Å²) in [6.07, 6.45) is 4.91. The van der Waals surface area contributed by atoms with Gasteiger partial charge in [0, 0.05) is 0 Å². The number of phenols is 2. The van der Waals surface area contributed by atoms with E-state index in [9.17, 15) is 24.6 Å². The number of hydrogen-bond acceptors (Lipinski definition) is 8. The van der Waals surface area contributed by atoms with Crippen molar-refractivity contribution in [1.29, 1.82) is 0 Å². The number of carbonyl (C=O) groups excluding carboxylic acids is 3. The van der Waals surface area contributed by atoms with E-state index in [1.807, 2.05) is 0 Å². The second-order valence-electron chi connectivity index (χ2n) is 8.68. The number of benzene rings is 2. The van der Waals surface area contributed by atoms with E-state index in [-0.39, 0.29) is 23.0 Å². The van der Waals surface area contributed by atoms with Crippen LogP contribution in [0.15, 0.2) is 48.6 Å². The van der Waals surface area contributed by atoms with Crippen LogP contribution < -0.4 is 9.47 Å². The number of ketones is 2. The van der Waals surface area contributed by atoms with Gasteiger partial charge in [-0.3, -0.25) is 14.4 Å². The lowest BCUT2D eigenvalue weighted by Crippen LogP contribution is -2.29. The number of hydrogen-bond donors (Lipinski definition) is 2. The first-order chi connectivity index (χ1) is 16.4. The van der Waals surface area contributed by atoms with Crippen LogP contribution >= 0.6 is 0 Å². The average Bonchev–Trinajstić information content (AvgIpc) is 2.79. The van der Waals surface area contributed by atoms with Gasteiger partial charge >= 0.3 is 5.97 Å². The zero-order valence-corrected chi connectivity index (χ0v) is 20.4. The number of rotatable bonds is 10. The van der Waals surface area contributed by atoms with Crippen LogP contribution in [0.1, 0.15) is 38.3 Å². The third-order valence-electron chi connectivity index (χ3n) is 4.77. The lowest BCUT2D eigenvalue weighted by atomic mass is 9.93. The van der Waals surface area contributed by atoms with Gasteiger partial charge < -0.3 is 24.4 Å². The normalized spacial score (nSPS) is 11.7. The summed E-state index contributed by atoms with van der Waals surface area (Å²) in [5.41, 5.74) is 0.344. The van der Waals surface area contributed by atoms with E-state index >= 15 is 0 Å². The van der Waals surface area contributed by atoms with Crippen LogP contribution in [0.4, 0.5) is 0 Å². The molecule has 2 aromatic rings. The van der Waals surface area contributed by atoms with E-state index in [0.29, 0.717) is 11.1 Å². The lowest BCUT2D eigenvalue weighted by Gasteiger charge is -2.20. The maximum absolute atomic E-state index is 13.0. The van der Waals surface area contributed by atoms with Crippen LogP contribution in [0.2, 0.25) is 0 Å². The van der Waals surface area contributed by atoms with E-state index < -0.39 is 35.5 Å². The molecule has 0 atom stereocenters. The van der Waals surface area contributed by atoms with E-state index in [1.54, 1.807) is 32.9 Å². The molecule has 2 rings (SSSR count). The highest BCUT2D eigenvalue weighted by Crippen LogP contribution is 2.28. The summed E-state index contributed by atoms with van der Waals surface area (Å²) in [7, 11) is 2.80. The number of esters is 1. The predicted molar refractivity (Wildman–Crippen MR) is 131 cm³/mol. The molecule has 0 aliphatic heterocycles. The molecule has 0 unspecified atom stereocenters. The van der Waals surface area contributed by atoms with Gasteiger partial charge in [0.05, 0.1) is 26.6 Å². The fourth-order valence-electron chi connectivity index (χ4n) is 3.08. The number of carbonyl (C=O) groups is 3. The van der Waals surface area contributed by atoms with E-state index in [4.69, 9.17) is 14.2 Å². The molecule has 0 amide bonds. The highest BCUT2D eigenvalue weighted by atomic mass is 16.6. The van der Waals surface area contributed by atoms with Crippen molar-refractivity contribution >= 4 is 29.7 Å². The minimum absolute atomic E-state index is 0.0510. The van der Waals surface area contributed by atoms with Gasteiger partial charge in [-0.15, -0.1) is 0 Å². The maximum Gasteiger partial charge on any atom is 0.307 e. The quantitative estimate of drug-likeness (QED) is 0.292. The number of ether oxygens (including phenoxy) is 3. The Hall–Kier alpha value is -4.07. The van der Waals surface area contributed by atoms with Gasteiger partial charge in [0.15, 0.2) is 34.6 Å². The number of aromatic hydroxyl groups is 2. The first-order valence-electron chi connectivity index (χ1n) is 10.8. The molecule has 8 nitrogen and oxygen atoms in total. The summed E-state index contributed by atoms with van der Waals surface area (Å²) in [6.45, 7) is 5.08. The van der Waals surface area contributed by atoms with Gasteiger partial charge in [-0.1, -0.05) is 24.3 Å². The fraction of sp³-hybridized carbons (Fsp3) is 0.296. The number of allylic oxidation sites excluding steroid dienone is 2. The molecule has 35 heavy (non-hydrogen) atoms. The predicted octanol–water partition coefficient (Wildman–Crippen LogP) is 4.33. The molecule has 0 aliphatic rings. The minimum Gasteiger partial charge on any atom is -0.504 e. The van der Waals surface area contributed by atoms with Crippen LogP contribution in [0, 0.1) is 5.92 Å². The zero-order valence-electron chi connectivity index (χ0n) is 20.4. The van der Waals surface area contributed by atoms with E-state index in [1.165, 1.54) is 62.8 Å². The SMILES string of the molecule is COc1cc(/C=C/C(=O)C(CC(=O)OC(C)(C)C)C(=O)/C=C/c2ccc(O)c(OC)c2)ccc1O. The Balaban J connectivity index is 2.28. The fourth-order valence-corrected chi connectivity index (χ4v) is 3.08. The first kappa shape index (κ1) is 27.2. The molecule has 186 valence electrons. The molecular formula is C27H30O8. The van der Waals surface area contributed by atoms with Crippen molar-refractivity contribution in [2.45, 2.75) is 32.8 Å². The minimum atomic E-state index is -1.30. The van der Waals surface area contributed by atoms with Crippen LogP contribution in [0.5, 0.6) is 23.0 Å². The van der Waals surface area contributed by atoms with Gasteiger partial charge in [0.2, 0.25) is 0 Å². The Morgan fingerprint density at radius 1 is 0.829 bits per heavy atom. The van der Waals surface area contributed by atoms with Gasteiger partial charge in [-0.25, -0.2) is 0 Å². The third kappa shape index (κ3) is 8.33. The van der Waals surface area contributed by atoms with E-state index in [2.05, 4.69) is 0 Å². The second kappa shape index (κ2) is 11.9. The van der Waals surface area contributed by atoms with Gasteiger partial charge in [0.25, 0.3) is 0 Å². The molecule has 2 aromatic carbocycles. The number of phenolic OH excluding ortho intramolecular Hbond substituents is 2. The van der Waals surface area contributed by atoms with Crippen molar-refractivity contribution in [2.75, 3.05) is 14.2 Å². The molecule has 0 bridgehead atoms. The van der Waals surface area contributed by atoms with Crippen LogP contribution in [0.25, 0.3) is 12.2 Å². The van der Waals surface area contributed by atoms with Crippen molar-refractivity contribution in [2.24, 2.45) is 5.92 Å². The van der Waals surface area contributed by atoms with Crippen molar-refractivity contribution in [3.05, 3.63) is 59.7 Å². The smallest absolute Gasteiger partial charge is 0.307 e. The standard InChI is InChI=1S/C27H30O8/c1-27(2,3)35-26(32)16-19(20(28)10-6-17-8-12-22(30)24(14-17)33-4)21(29)11-7-18-9-13-23(31)25(15-18)34-5/h6-15,19,30-31H,16H2,1-5H3/b10-6+,11-7+. The highest BCUT2D eigenvalue weighted by Gasteiger charge is 2.28. The average molecular weight is 483 g/mol.